The van der Waals surface area contributed by atoms with Crippen LogP contribution < -0.4 is 0 Å². The summed E-state index contributed by atoms with van der Waals surface area (Å²) in [7, 11) is -3.39. The van der Waals surface area contributed by atoms with E-state index in [0.29, 0.717) is 0 Å². The quantitative estimate of drug-likeness (QED) is 0.687. The van der Waals surface area contributed by atoms with Crippen LogP contribution in [0.15, 0.2) is 24.5 Å². The van der Waals surface area contributed by atoms with Crippen molar-refractivity contribution in [3.05, 3.63) is 30.1 Å². The van der Waals surface area contributed by atoms with E-state index in [1.54, 1.807) is 31.5 Å². The van der Waals surface area contributed by atoms with Gasteiger partial charge in [0.25, 0.3) is 10.1 Å². The van der Waals surface area contributed by atoms with Crippen molar-refractivity contribution in [2.75, 3.05) is 6.26 Å². The van der Waals surface area contributed by atoms with Crippen LogP contribution in [-0.2, 0) is 14.3 Å². The lowest BCUT2D eigenvalue weighted by Gasteiger charge is -2.10. The van der Waals surface area contributed by atoms with Crippen molar-refractivity contribution in [1.29, 1.82) is 0 Å². The van der Waals surface area contributed by atoms with Crippen molar-refractivity contribution in [3.8, 4) is 0 Å². The van der Waals surface area contributed by atoms with Gasteiger partial charge in [0.15, 0.2) is 0 Å². The molecule has 0 aliphatic heterocycles. The van der Waals surface area contributed by atoms with E-state index in [9.17, 15) is 8.42 Å². The summed E-state index contributed by atoms with van der Waals surface area (Å²) < 4.78 is 26.3. The van der Waals surface area contributed by atoms with Crippen LogP contribution >= 0.6 is 0 Å². The molecule has 0 N–H and O–H groups in total. The summed E-state index contributed by atoms with van der Waals surface area (Å²) >= 11 is 0. The summed E-state index contributed by atoms with van der Waals surface area (Å²) in [4.78, 5) is 3.82. The molecule has 72 valence electrons. The van der Waals surface area contributed by atoms with Gasteiger partial charge in [0.05, 0.1) is 12.4 Å². The van der Waals surface area contributed by atoms with Crippen molar-refractivity contribution < 1.29 is 12.6 Å². The van der Waals surface area contributed by atoms with E-state index in [2.05, 4.69) is 4.98 Å². The number of aromatic nitrogens is 1. The third kappa shape index (κ3) is 3.52. The van der Waals surface area contributed by atoms with Gasteiger partial charge >= 0.3 is 0 Å². The van der Waals surface area contributed by atoms with Crippen LogP contribution in [0.4, 0.5) is 0 Å². The number of rotatable bonds is 3. The highest BCUT2D eigenvalue weighted by Crippen LogP contribution is 2.16. The van der Waals surface area contributed by atoms with Crippen LogP contribution in [0.1, 0.15) is 18.6 Å². The molecule has 1 rings (SSSR count). The van der Waals surface area contributed by atoms with Crippen molar-refractivity contribution >= 4 is 10.1 Å². The summed E-state index contributed by atoms with van der Waals surface area (Å²) in [5, 5.41) is 0. The monoisotopic (exact) mass is 201 g/mol. The number of hydrogen-bond acceptors (Lipinski definition) is 4. The molecule has 0 aliphatic carbocycles. The SMILES string of the molecule is C[C@H](OS(C)(=O)=O)c1ccncc1. The predicted octanol–water partition coefficient (Wildman–Crippen LogP) is 1.12. The van der Waals surface area contributed by atoms with Crippen molar-refractivity contribution in [3.63, 3.8) is 0 Å². The maximum absolute atomic E-state index is 10.8. The molecule has 0 amide bonds. The number of pyridine rings is 1. The Kier molecular flexibility index (Phi) is 3.00. The van der Waals surface area contributed by atoms with Gasteiger partial charge in [0.2, 0.25) is 0 Å². The zero-order valence-electron chi connectivity index (χ0n) is 7.47. The third-order valence-corrected chi connectivity index (χ3v) is 2.13. The predicted molar refractivity (Wildman–Crippen MR) is 48.6 cm³/mol. The molecule has 4 nitrogen and oxygen atoms in total. The topological polar surface area (TPSA) is 56.3 Å². The molecule has 1 aromatic heterocycles. The first-order chi connectivity index (χ1) is 5.99. The zero-order valence-corrected chi connectivity index (χ0v) is 8.28. The maximum atomic E-state index is 10.8. The number of hydrogen-bond donors (Lipinski definition) is 0. The van der Waals surface area contributed by atoms with E-state index in [-0.39, 0.29) is 0 Å². The lowest BCUT2D eigenvalue weighted by Crippen LogP contribution is -2.07. The molecule has 1 atom stereocenters. The van der Waals surface area contributed by atoms with Gasteiger partial charge in [-0.05, 0) is 24.6 Å². The van der Waals surface area contributed by atoms with Crippen molar-refractivity contribution in [2.45, 2.75) is 13.0 Å². The lowest BCUT2D eigenvalue weighted by molar-refractivity contribution is 0.236. The smallest absolute Gasteiger partial charge is 0.264 e. The molecule has 0 radical (unpaired) electrons. The lowest BCUT2D eigenvalue weighted by atomic mass is 10.2. The highest BCUT2D eigenvalue weighted by molar-refractivity contribution is 7.86. The molecule has 0 fully saturated rings. The Bertz CT molecular complexity index is 360. The molecule has 0 aromatic carbocycles. The van der Waals surface area contributed by atoms with E-state index in [4.69, 9.17) is 4.18 Å². The summed E-state index contributed by atoms with van der Waals surface area (Å²) in [5.74, 6) is 0. The van der Waals surface area contributed by atoms with Gasteiger partial charge in [-0.2, -0.15) is 8.42 Å². The van der Waals surface area contributed by atoms with E-state index < -0.39 is 16.2 Å². The average Bonchev–Trinajstić information content (AvgIpc) is 2.03. The first-order valence-corrected chi connectivity index (χ1v) is 5.59. The van der Waals surface area contributed by atoms with Gasteiger partial charge in [-0.15, -0.1) is 0 Å². The van der Waals surface area contributed by atoms with E-state index >= 15 is 0 Å². The summed E-state index contributed by atoms with van der Waals surface area (Å²) in [5.41, 5.74) is 0.792. The second-order valence-corrected chi connectivity index (χ2v) is 4.32. The summed E-state index contributed by atoms with van der Waals surface area (Å²) in [6.45, 7) is 1.68. The second-order valence-electron chi connectivity index (χ2n) is 2.72. The van der Waals surface area contributed by atoms with E-state index in [1.165, 1.54) is 0 Å². The van der Waals surface area contributed by atoms with Gasteiger partial charge in [-0.25, -0.2) is 0 Å². The molecule has 13 heavy (non-hydrogen) atoms. The first kappa shape index (κ1) is 10.1. The molecular formula is C8H11NO3S. The molecule has 0 bridgehead atoms. The Hall–Kier alpha value is -0.940. The van der Waals surface area contributed by atoms with Crippen LogP contribution in [0.5, 0.6) is 0 Å². The molecule has 0 aliphatic rings. The normalized spacial score (nSPS) is 14.0. The van der Waals surface area contributed by atoms with Crippen LogP contribution in [0.25, 0.3) is 0 Å². The molecule has 0 saturated carbocycles. The van der Waals surface area contributed by atoms with Crippen LogP contribution in [0, 0.1) is 0 Å². The molecular weight excluding hydrogens is 190 g/mol. The van der Waals surface area contributed by atoms with Gasteiger partial charge in [0, 0.05) is 12.4 Å². The second kappa shape index (κ2) is 3.85. The van der Waals surface area contributed by atoms with E-state index in [0.717, 1.165) is 11.8 Å². The Labute approximate surface area is 77.7 Å². The Balaban J connectivity index is 2.76. The minimum Gasteiger partial charge on any atom is -0.265 e. The average molecular weight is 201 g/mol. The van der Waals surface area contributed by atoms with Crippen LogP contribution in [-0.4, -0.2) is 19.7 Å². The third-order valence-electron chi connectivity index (χ3n) is 1.49. The van der Waals surface area contributed by atoms with Gasteiger partial charge in [0.1, 0.15) is 0 Å². The largest absolute Gasteiger partial charge is 0.265 e. The maximum Gasteiger partial charge on any atom is 0.264 e. The molecule has 0 saturated heterocycles. The summed E-state index contributed by atoms with van der Waals surface area (Å²) in [6, 6.07) is 3.44. The van der Waals surface area contributed by atoms with E-state index in [1.807, 2.05) is 0 Å². The molecule has 1 aromatic rings. The standard InChI is InChI=1S/C8H11NO3S/c1-7(12-13(2,10)11)8-3-5-9-6-4-8/h3-7H,1-2H3/t7-/m0/s1. The summed E-state index contributed by atoms with van der Waals surface area (Å²) in [6.07, 6.45) is 3.76. The Morgan fingerprint density at radius 2 is 1.92 bits per heavy atom. The fourth-order valence-electron chi connectivity index (χ4n) is 0.952. The zero-order chi connectivity index (χ0) is 9.90. The fourth-order valence-corrected chi connectivity index (χ4v) is 1.59. The minimum atomic E-state index is -3.39. The highest BCUT2D eigenvalue weighted by Gasteiger charge is 2.11. The van der Waals surface area contributed by atoms with Crippen LogP contribution in [0.2, 0.25) is 0 Å². The molecule has 0 unspecified atom stereocenters. The van der Waals surface area contributed by atoms with Gasteiger partial charge < -0.3 is 0 Å². The molecule has 5 heteroatoms. The van der Waals surface area contributed by atoms with Crippen LogP contribution in [0.3, 0.4) is 0 Å². The van der Waals surface area contributed by atoms with Gasteiger partial charge in [-0.3, -0.25) is 9.17 Å². The molecule has 0 spiro atoms. The Morgan fingerprint density at radius 1 is 1.38 bits per heavy atom. The highest BCUT2D eigenvalue weighted by atomic mass is 32.2. The first-order valence-electron chi connectivity index (χ1n) is 3.77. The minimum absolute atomic E-state index is 0.460. The molecule has 1 heterocycles. The van der Waals surface area contributed by atoms with Crippen molar-refractivity contribution in [2.24, 2.45) is 0 Å². The van der Waals surface area contributed by atoms with Gasteiger partial charge in [-0.1, -0.05) is 0 Å². The number of nitrogens with zero attached hydrogens (tertiary/aromatic N) is 1. The van der Waals surface area contributed by atoms with Crippen molar-refractivity contribution in [1.82, 2.24) is 4.98 Å². The fraction of sp³-hybridized carbons (Fsp3) is 0.375. The Morgan fingerprint density at radius 3 is 2.38 bits per heavy atom.